The SMILES string of the molecule is COc1ccc(C(=O)NC(C)COc2ccccc2OC)cc1C. The summed E-state index contributed by atoms with van der Waals surface area (Å²) in [4.78, 5) is 12.3. The first kappa shape index (κ1) is 17.7. The highest BCUT2D eigenvalue weighted by atomic mass is 16.5. The van der Waals surface area contributed by atoms with Gasteiger partial charge >= 0.3 is 0 Å². The first-order chi connectivity index (χ1) is 11.5. The summed E-state index contributed by atoms with van der Waals surface area (Å²) in [6.07, 6.45) is 0. The molecule has 0 aliphatic carbocycles. The number of rotatable bonds is 7. The fraction of sp³-hybridized carbons (Fsp3) is 0.316. The second kappa shape index (κ2) is 8.24. The van der Waals surface area contributed by atoms with Gasteiger partial charge in [0.15, 0.2) is 11.5 Å². The van der Waals surface area contributed by atoms with Gasteiger partial charge in [0, 0.05) is 5.56 Å². The Balaban J connectivity index is 1.93. The van der Waals surface area contributed by atoms with Gasteiger partial charge < -0.3 is 19.5 Å². The van der Waals surface area contributed by atoms with Crippen LogP contribution in [0.5, 0.6) is 17.2 Å². The van der Waals surface area contributed by atoms with E-state index in [1.54, 1.807) is 26.4 Å². The average molecular weight is 329 g/mol. The van der Waals surface area contributed by atoms with Gasteiger partial charge in [-0.3, -0.25) is 4.79 Å². The summed E-state index contributed by atoms with van der Waals surface area (Å²) in [6, 6.07) is 12.6. The molecule has 0 fully saturated rings. The van der Waals surface area contributed by atoms with Gasteiger partial charge in [0.25, 0.3) is 5.91 Å². The zero-order valence-electron chi connectivity index (χ0n) is 14.5. The lowest BCUT2D eigenvalue weighted by Gasteiger charge is -2.17. The summed E-state index contributed by atoms with van der Waals surface area (Å²) in [7, 11) is 3.21. The van der Waals surface area contributed by atoms with Gasteiger partial charge in [-0.1, -0.05) is 12.1 Å². The highest BCUT2D eigenvalue weighted by molar-refractivity contribution is 5.94. The van der Waals surface area contributed by atoms with E-state index in [9.17, 15) is 4.79 Å². The van der Waals surface area contributed by atoms with Crippen LogP contribution in [0.25, 0.3) is 0 Å². The van der Waals surface area contributed by atoms with Gasteiger partial charge in [0.2, 0.25) is 0 Å². The number of benzene rings is 2. The van der Waals surface area contributed by atoms with E-state index in [0.717, 1.165) is 11.3 Å². The summed E-state index contributed by atoms with van der Waals surface area (Å²) in [6.45, 7) is 4.15. The maximum atomic E-state index is 12.3. The molecule has 0 heterocycles. The normalized spacial score (nSPS) is 11.5. The highest BCUT2D eigenvalue weighted by Gasteiger charge is 2.12. The van der Waals surface area contributed by atoms with Crippen LogP contribution in [0.15, 0.2) is 42.5 Å². The average Bonchev–Trinajstić information content (AvgIpc) is 2.60. The van der Waals surface area contributed by atoms with E-state index in [-0.39, 0.29) is 11.9 Å². The first-order valence-corrected chi connectivity index (χ1v) is 7.76. The number of hydrogen-bond donors (Lipinski definition) is 1. The van der Waals surface area contributed by atoms with Crippen LogP contribution >= 0.6 is 0 Å². The smallest absolute Gasteiger partial charge is 0.251 e. The molecular formula is C19H23NO4. The molecule has 2 aromatic carbocycles. The molecule has 2 rings (SSSR count). The Hall–Kier alpha value is -2.69. The van der Waals surface area contributed by atoms with Gasteiger partial charge in [-0.25, -0.2) is 0 Å². The minimum Gasteiger partial charge on any atom is -0.496 e. The molecule has 1 N–H and O–H groups in total. The van der Waals surface area contributed by atoms with Crippen molar-refractivity contribution in [1.82, 2.24) is 5.32 Å². The van der Waals surface area contributed by atoms with Crippen LogP contribution in [0.2, 0.25) is 0 Å². The van der Waals surface area contributed by atoms with Crippen molar-refractivity contribution in [3.63, 3.8) is 0 Å². The van der Waals surface area contributed by atoms with Crippen LogP contribution < -0.4 is 19.5 Å². The second-order valence-corrected chi connectivity index (χ2v) is 5.52. The number of carbonyl (C=O) groups excluding carboxylic acids is 1. The highest BCUT2D eigenvalue weighted by Crippen LogP contribution is 2.25. The Morgan fingerprint density at radius 1 is 1.04 bits per heavy atom. The Bertz CT molecular complexity index is 700. The molecule has 24 heavy (non-hydrogen) atoms. The number of amides is 1. The van der Waals surface area contributed by atoms with Crippen LogP contribution in [0.3, 0.4) is 0 Å². The lowest BCUT2D eigenvalue weighted by Crippen LogP contribution is -2.36. The number of carbonyl (C=O) groups is 1. The van der Waals surface area contributed by atoms with Crippen molar-refractivity contribution in [2.75, 3.05) is 20.8 Å². The van der Waals surface area contributed by atoms with E-state index in [1.165, 1.54) is 0 Å². The molecule has 0 saturated heterocycles. The molecule has 5 heteroatoms. The predicted octanol–water partition coefficient (Wildman–Crippen LogP) is 3.21. The van der Waals surface area contributed by atoms with Crippen LogP contribution in [-0.4, -0.2) is 32.8 Å². The summed E-state index contributed by atoms with van der Waals surface area (Å²) in [5.41, 5.74) is 1.51. The molecule has 5 nitrogen and oxygen atoms in total. The fourth-order valence-electron chi connectivity index (χ4n) is 2.32. The van der Waals surface area contributed by atoms with Crippen LogP contribution in [0, 0.1) is 6.92 Å². The molecule has 1 amide bonds. The Morgan fingerprint density at radius 3 is 2.33 bits per heavy atom. The largest absolute Gasteiger partial charge is 0.496 e. The van der Waals surface area contributed by atoms with Crippen molar-refractivity contribution < 1.29 is 19.0 Å². The van der Waals surface area contributed by atoms with Gasteiger partial charge in [-0.15, -0.1) is 0 Å². The van der Waals surface area contributed by atoms with E-state index in [1.807, 2.05) is 44.2 Å². The number of para-hydroxylation sites is 2. The lowest BCUT2D eigenvalue weighted by atomic mass is 10.1. The molecule has 0 aliphatic rings. The zero-order chi connectivity index (χ0) is 17.5. The lowest BCUT2D eigenvalue weighted by molar-refractivity contribution is 0.0926. The monoisotopic (exact) mass is 329 g/mol. The van der Waals surface area contributed by atoms with Crippen LogP contribution in [0.4, 0.5) is 0 Å². The van der Waals surface area contributed by atoms with E-state index in [0.29, 0.717) is 23.7 Å². The first-order valence-electron chi connectivity index (χ1n) is 7.76. The molecule has 2 aromatic rings. The van der Waals surface area contributed by atoms with Crippen molar-refractivity contribution in [2.45, 2.75) is 19.9 Å². The van der Waals surface area contributed by atoms with E-state index in [4.69, 9.17) is 14.2 Å². The van der Waals surface area contributed by atoms with Crippen molar-refractivity contribution in [3.05, 3.63) is 53.6 Å². The van der Waals surface area contributed by atoms with Gasteiger partial charge in [0.1, 0.15) is 12.4 Å². The molecule has 0 aromatic heterocycles. The zero-order valence-corrected chi connectivity index (χ0v) is 14.5. The predicted molar refractivity (Wildman–Crippen MR) is 93.1 cm³/mol. The van der Waals surface area contributed by atoms with Crippen molar-refractivity contribution in [1.29, 1.82) is 0 Å². The number of nitrogens with one attached hydrogen (secondary N) is 1. The van der Waals surface area contributed by atoms with Crippen LogP contribution in [0.1, 0.15) is 22.8 Å². The minimum absolute atomic E-state index is 0.142. The summed E-state index contributed by atoms with van der Waals surface area (Å²) >= 11 is 0. The maximum Gasteiger partial charge on any atom is 0.251 e. The quantitative estimate of drug-likeness (QED) is 0.847. The van der Waals surface area contributed by atoms with Crippen LogP contribution in [-0.2, 0) is 0 Å². The molecule has 1 unspecified atom stereocenters. The van der Waals surface area contributed by atoms with E-state index >= 15 is 0 Å². The molecule has 0 radical (unpaired) electrons. The molecule has 0 spiro atoms. The minimum atomic E-state index is -0.148. The Kier molecular flexibility index (Phi) is 6.07. The molecule has 128 valence electrons. The number of methoxy groups -OCH3 is 2. The molecule has 1 atom stereocenters. The third-order valence-electron chi connectivity index (χ3n) is 3.59. The maximum absolute atomic E-state index is 12.3. The Labute approximate surface area is 142 Å². The third-order valence-corrected chi connectivity index (χ3v) is 3.59. The summed E-state index contributed by atoms with van der Waals surface area (Å²) in [5.74, 6) is 1.94. The standard InChI is InChI=1S/C19H23NO4/c1-13-11-15(9-10-16(13)22-3)19(21)20-14(2)12-24-18-8-6-5-7-17(18)23-4/h5-11,14H,12H2,1-4H3,(H,20,21). The molecule has 0 bridgehead atoms. The van der Waals surface area contributed by atoms with E-state index in [2.05, 4.69) is 5.32 Å². The van der Waals surface area contributed by atoms with Crippen molar-refractivity contribution >= 4 is 5.91 Å². The number of ether oxygens (including phenoxy) is 3. The summed E-state index contributed by atoms with van der Waals surface area (Å²) in [5, 5.41) is 2.92. The van der Waals surface area contributed by atoms with Gasteiger partial charge in [-0.2, -0.15) is 0 Å². The summed E-state index contributed by atoms with van der Waals surface area (Å²) < 4.78 is 16.2. The van der Waals surface area contributed by atoms with Crippen molar-refractivity contribution in [3.8, 4) is 17.2 Å². The number of hydrogen-bond acceptors (Lipinski definition) is 4. The topological polar surface area (TPSA) is 56.8 Å². The fourth-order valence-corrected chi connectivity index (χ4v) is 2.32. The van der Waals surface area contributed by atoms with Crippen molar-refractivity contribution in [2.24, 2.45) is 0 Å². The van der Waals surface area contributed by atoms with Gasteiger partial charge in [0.05, 0.1) is 20.3 Å². The van der Waals surface area contributed by atoms with Gasteiger partial charge in [-0.05, 0) is 49.7 Å². The second-order valence-electron chi connectivity index (χ2n) is 5.52. The number of aryl methyl sites for hydroxylation is 1. The third kappa shape index (κ3) is 4.41. The molecule has 0 aliphatic heterocycles. The Morgan fingerprint density at radius 2 is 1.71 bits per heavy atom. The van der Waals surface area contributed by atoms with E-state index < -0.39 is 0 Å². The molecular weight excluding hydrogens is 306 g/mol. The molecule has 0 saturated carbocycles.